The average Bonchev–Trinajstić information content (AvgIpc) is 2.71. The summed E-state index contributed by atoms with van der Waals surface area (Å²) >= 11 is 5.83. The van der Waals surface area contributed by atoms with Crippen LogP contribution in [-0.2, 0) is 0 Å². The Kier molecular flexibility index (Phi) is 8.42. The van der Waals surface area contributed by atoms with Crippen molar-refractivity contribution in [1.82, 2.24) is 10.6 Å². The Morgan fingerprint density at radius 3 is 2.43 bits per heavy atom. The Labute approximate surface area is 170 Å². The molecule has 8 heteroatoms. The van der Waals surface area contributed by atoms with Gasteiger partial charge in [0.2, 0.25) is 0 Å². The highest BCUT2D eigenvalue weighted by atomic mass is 35.5. The molecule has 0 saturated heterocycles. The van der Waals surface area contributed by atoms with Crippen molar-refractivity contribution in [3.8, 4) is 11.5 Å². The number of hydrogen-bond acceptors (Lipinski definition) is 4. The van der Waals surface area contributed by atoms with Crippen LogP contribution in [0.5, 0.6) is 11.5 Å². The van der Waals surface area contributed by atoms with Crippen LogP contribution in [-0.4, -0.2) is 45.7 Å². The molecule has 0 aliphatic carbocycles. The van der Waals surface area contributed by atoms with Gasteiger partial charge in [0, 0.05) is 42.5 Å². The third-order valence-corrected chi connectivity index (χ3v) is 4.01. The lowest BCUT2D eigenvalue weighted by atomic mass is 10.2. The minimum Gasteiger partial charge on any atom is -0.493 e. The number of guanidine groups is 1. The Morgan fingerprint density at radius 2 is 1.79 bits per heavy atom. The number of amides is 1. The van der Waals surface area contributed by atoms with Crippen LogP contribution in [0.2, 0.25) is 5.02 Å². The smallest absolute Gasteiger partial charge is 0.251 e. The molecule has 0 heterocycles. The van der Waals surface area contributed by atoms with Crippen molar-refractivity contribution in [3.63, 3.8) is 0 Å². The molecule has 1 amide bonds. The summed E-state index contributed by atoms with van der Waals surface area (Å²) < 4.78 is 10.9. The van der Waals surface area contributed by atoms with Crippen LogP contribution < -0.4 is 25.4 Å². The first-order chi connectivity index (χ1) is 13.6. The number of nitrogens with one attached hydrogen (secondary N) is 3. The number of carbonyl (C=O) groups is 1. The van der Waals surface area contributed by atoms with Crippen LogP contribution in [0, 0.1) is 0 Å². The predicted molar refractivity (Wildman–Crippen MR) is 113 cm³/mol. The van der Waals surface area contributed by atoms with E-state index in [-0.39, 0.29) is 5.91 Å². The highest BCUT2D eigenvalue weighted by Gasteiger charge is 2.07. The molecular weight excluding hydrogens is 380 g/mol. The number of aliphatic imine (C=N–C) groups is 1. The van der Waals surface area contributed by atoms with Gasteiger partial charge in [0.1, 0.15) is 0 Å². The van der Waals surface area contributed by atoms with Crippen LogP contribution in [0.4, 0.5) is 5.69 Å². The van der Waals surface area contributed by atoms with Crippen LogP contribution in [0.25, 0.3) is 0 Å². The highest BCUT2D eigenvalue weighted by Crippen LogP contribution is 2.30. The Balaban J connectivity index is 1.83. The van der Waals surface area contributed by atoms with Crippen molar-refractivity contribution in [3.05, 3.63) is 53.1 Å². The van der Waals surface area contributed by atoms with Gasteiger partial charge in [-0.1, -0.05) is 11.6 Å². The van der Waals surface area contributed by atoms with Crippen LogP contribution in [0.15, 0.2) is 47.5 Å². The molecule has 0 unspecified atom stereocenters. The van der Waals surface area contributed by atoms with Crippen molar-refractivity contribution in [2.45, 2.75) is 6.92 Å². The summed E-state index contributed by atoms with van der Waals surface area (Å²) in [5.74, 6) is 1.74. The molecule has 7 nitrogen and oxygen atoms in total. The second-order valence-electron chi connectivity index (χ2n) is 5.69. The summed E-state index contributed by atoms with van der Waals surface area (Å²) in [5.41, 5.74) is 1.37. The first-order valence-corrected chi connectivity index (χ1v) is 9.27. The van der Waals surface area contributed by atoms with E-state index in [1.165, 1.54) is 0 Å². The van der Waals surface area contributed by atoms with Gasteiger partial charge in [-0.25, -0.2) is 0 Å². The van der Waals surface area contributed by atoms with E-state index in [1.54, 1.807) is 38.4 Å². The number of anilines is 1. The fourth-order valence-electron chi connectivity index (χ4n) is 2.40. The topological polar surface area (TPSA) is 84.0 Å². The molecule has 0 bridgehead atoms. The fraction of sp³-hybridized carbons (Fsp3) is 0.300. The minimum atomic E-state index is -0.155. The van der Waals surface area contributed by atoms with E-state index in [0.717, 1.165) is 5.69 Å². The van der Waals surface area contributed by atoms with E-state index in [4.69, 9.17) is 21.1 Å². The number of carbonyl (C=O) groups excluding carboxylic acids is 1. The van der Waals surface area contributed by atoms with Gasteiger partial charge in [0.15, 0.2) is 17.5 Å². The molecule has 0 fully saturated rings. The average molecular weight is 405 g/mol. The molecule has 2 rings (SSSR count). The second kappa shape index (κ2) is 11.0. The van der Waals surface area contributed by atoms with Crippen LogP contribution in [0.3, 0.4) is 0 Å². The largest absolute Gasteiger partial charge is 0.493 e. The van der Waals surface area contributed by atoms with E-state index in [9.17, 15) is 4.79 Å². The standard InChI is InChI=1S/C20H25ClN4O3/c1-4-28-17-10-9-16(13-18(17)27-3)25-20(22-2)24-12-11-23-19(26)14-5-7-15(21)8-6-14/h5-10,13H,4,11-12H2,1-3H3,(H,23,26)(H2,22,24,25). The van der Waals surface area contributed by atoms with Gasteiger partial charge in [-0.3, -0.25) is 9.79 Å². The van der Waals surface area contributed by atoms with Crippen molar-refractivity contribution in [1.29, 1.82) is 0 Å². The number of halogens is 1. The zero-order valence-electron chi connectivity index (χ0n) is 16.2. The maximum absolute atomic E-state index is 12.1. The predicted octanol–water partition coefficient (Wildman–Crippen LogP) is 3.16. The molecule has 0 aliphatic heterocycles. The summed E-state index contributed by atoms with van der Waals surface area (Å²) in [4.78, 5) is 16.2. The first-order valence-electron chi connectivity index (χ1n) is 8.89. The molecule has 2 aromatic carbocycles. The van der Waals surface area contributed by atoms with E-state index < -0.39 is 0 Å². The normalized spacial score (nSPS) is 10.9. The molecular formula is C20H25ClN4O3. The zero-order valence-corrected chi connectivity index (χ0v) is 17.0. The van der Waals surface area contributed by atoms with Gasteiger partial charge in [0.25, 0.3) is 5.91 Å². The van der Waals surface area contributed by atoms with Gasteiger partial charge >= 0.3 is 0 Å². The van der Waals surface area contributed by atoms with Crippen molar-refractivity contribution in [2.75, 3.05) is 39.2 Å². The van der Waals surface area contributed by atoms with Crippen molar-refractivity contribution >= 4 is 29.2 Å². The number of benzene rings is 2. The monoisotopic (exact) mass is 404 g/mol. The van der Waals surface area contributed by atoms with E-state index in [2.05, 4.69) is 20.9 Å². The number of hydrogen-bond donors (Lipinski definition) is 3. The summed E-state index contributed by atoms with van der Waals surface area (Å²) in [5, 5.41) is 9.75. The lowest BCUT2D eigenvalue weighted by Crippen LogP contribution is -2.37. The van der Waals surface area contributed by atoms with Crippen molar-refractivity contribution in [2.24, 2.45) is 4.99 Å². The number of nitrogens with zero attached hydrogens (tertiary/aromatic N) is 1. The molecule has 0 aliphatic rings. The summed E-state index contributed by atoms with van der Waals surface area (Å²) in [7, 11) is 3.27. The van der Waals surface area contributed by atoms with Gasteiger partial charge in [-0.05, 0) is 43.3 Å². The Hall–Kier alpha value is -2.93. The second-order valence-corrected chi connectivity index (χ2v) is 6.12. The van der Waals surface area contributed by atoms with Gasteiger partial charge in [-0.2, -0.15) is 0 Å². The molecule has 0 saturated carbocycles. The van der Waals surface area contributed by atoms with Gasteiger partial charge < -0.3 is 25.4 Å². The van der Waals surface area contributed by atoms with Crippen LogP contribution >= 0.6 is 11.6 Å². The number of methoxy groups -OCH3 is 1. The lowest BCUT2D eigenvalue weighted by Gasteiger charge is -2.15. The van der Waals surface area contributed by atoms with Crippen LogP contribution in [0.1, 0.15) is 17.3 Å². The molecule has 0 atom stereocenters. The number of rotatable bonds is 8. The Bertz CT molecular complexity index is 810. The molecule has 0 aromatic heterocycles. The van der Waals surface area contributed by atoms with E-state index in [0.29, 0.717) is 47.7 Å². The fourth-order valence-corrected chi connectivity index (χ4v) is 2.52. The van der Waals surface area contributed by atoms with Gasteiger partial charge in [-0.15, -0.1) is 0 Å². The highest BCUT2D eigenvalue weighted by molar-refractivity contribution is 6.30. The third kappa shape index (κ3) is 6.35. The Morgan fingerprint density at radius 1 is 1.07 bits per heavy atom. The van der Waals surface area contributed by atoms with Crippen molar-refractivity contribution < 1.29 is 14.3 Å². The first kappa shape index (κ1) is 21.4. The molecule has 0 spiro atoms. The molecule has 150 valence electrons. The zero-order chi connectivity index (χ0) is 20.4. The van der Waals surface area contributed by atoms with E-state index in [1.807, 2.05) is 25.1 Å². The third-order valence-electron chi connectivity index (χ3n) is 3.76. The summed E-state index contributed by atoms with van der Waals surface area (Å²) in [6.07, 6.45) is 0. The quantitative estimate of drug-likeness (QED) is 0.357. The number of ether oxygens (including phenoxy) is 2. The SMILES string of the molecule is CCOc1ccc(NC(=NC)NCCNC(=O)c2ccc(Cl)cc2)cc1OC. The van der Waals surface area contributed by atoms with Gasteiger partial charge in [0.05, 0.1) is 13.7 Å². The summed E-state index contributed by atoms with van der Waals surface area (Å²) in [6, 6.07) is 12.3. The molecule has 28 heavy (non-hydrogen) atoms. The van der Waals surface area contributed by atoms with E-state index >= 15 is 0 Å². The molecule has 2 aromatic rings. The lowest BCUT2D eigenvalue weighted by molar-refractivity contribution is 0.0954. The minimum absolute atomic E-state index is 0.155. The molecule has 3 N–H and O–H groups in total. The maximum atomic E-state index is 12.1. The summed E-state index contributed by atoms with van der Waals surface area (Å²) in [6.45, 7) is 3.43. The molecule has 0 radical (unpaired) electrons. The maximum Gasteiger partial charge on any atom is 0.251 e.